The first-order valence-corrected chi connectivity index (χ1v) is 5.68. The van der Waals surface area contributed by atoms with E-state index in [2.05, 4.69) is 0 Å². The summed E-state index contributed by atoms with van der Waals surface area (Å²) < 4.78 is 30.2. The van der Waals surface area contributed by atoms with Crippen LogP contribution in [0.5, 0.6) is 0 Å². The fraction of sp³-hybridized carbons (Fsp3) is 0.462. The summed E-state index contributed by atoms with van der Waals surface area (Å²) in [4.78, 5) is 12.1. The lowest BCUT2D eigenvalue weighted by Crippen LogP contribution is -2.23. The predicted octanol–water partition coefficient (Wildman–Crippen LogP) is 3.23. The third-order valence-corrected chi connectivity index (χ3v) is 3.02. The molecule has 0 saturated carbocycles. The van der Waals surface area contributed by atoms with Gasteiger partial charge in [-0.15, -0.1) is 0 Å². The predicted molar refractivity (Wildman–Crippen MR) is 59.3 cm³/mol. The molecular weight excluding hydrogens is 226 g/mol. The average Bonchev–Trinajstić information content (AvgIpc) is 2.39. The summed E-state index contributed by atoms with van der Waals surface area (Å²) in [6.45, 7) is 1.15. The summed E-state index contributed by atoms with van der Waals surface area (Å²) in [6, 6.07) is 5.74. The summed E-state index contributed by atoms with van der Waals surface area (Å²) in [5.41, 5.74) is 0.289. The Balaban J connectivity index is 2.15. The van der Waals surface area contributed by atoms with Crippen LogP contribution in [0.4, 0.5) is 8.78 Å². The SMILES string of the molecule is O=C(c1cccc(C(F)F)c1)C1CCOCC1. The molecule has 1 saturated heterocycles. The van der Waals surface area contributed by atoms with Crippen molar-refractivity contribution in [3.8, 4) is 0 Å². The average molecular weight is 240 g/mol. The second-order valence-electron chi connectivity index (χ2n) is 4.18. The fourth-order valence-electron chi connectivity index (χ4n) is 2.02. The van der Waals surface area contributed by atoms with Gasteiger partial charge in [0.1, 0.15) is 0 Å². The highest BCUT2D eigenvalue weighted by atomic mass is 19.3. The van der Waals surface area contributed by atoms with E-state index in [0.717, 1.165) is 0 Å². The van der Waals surface area contributed by atoms with Gasteiger partial charge in [0.2, 0.25) is 0 Å². The Labute approximate surface area is 98.6 Å². The zero-order valence-electron chi connectivity index (χ0n) is 9.36. The molecule has 2 nitrogen and oxygen atoms in total. The molecule has 92 valence electrons. The van der Waals surface area contributed by atoms with Crippen LogP contribution in [0.3, 0.4) is 0 Å². The number of ketones is 1. The standard InChI is InChI=1S/C13H14F2O2/c14-13(15)11-3-1-2-10(8-11)12(16)9-4-6-17-7-5-9/h1-3,8-9,13H,4-7H2. The fourth-order valence-corrected chi connectivity index (χ4v) is 2.02. The van der Waals surface area contributed by atoms with Gasteiger partial charge in [0.25, 0.3) is 6.43 Å². The van der Waals surface area contributed by atoms with Crippen LogP contribution in [0.15, 0.2) is 24.3 Å². The van der Waals surface area contributed by atoms with E-state index >= 15 is 0 Å². The van der Waals surface area contributed by atoms with Gasteiger partial charge in [0.05, 0.1) is 0 Å². The maximum atomic E-state index is 12.5. The highest BCUT2D eigenvalue weighted by molar-refractivity contribution is 5.98. The Hall–Kier alpha value is -1.29. The molecule has 0 spiro atoms. The van der Waals surface area contributed by atoms with Crippen molar-refractivity contribution >= 4 is 5.78 Å². The van der Waals surface area contributed by atoms with Crippen LogP contribution >= 0.6 is 0 Å². The number of ether oxygens (including phenoxy) is 1. The van der Waals surface area contributed by atoms with E-state index in [-0.39, 0.29) is 17.3 Å². The van der Waals surface area contributed by atoms with E-state index in [1.54, 1.807) is 6.07 Å². The second-order valence-corrected chi connectivity index (χ2v) is 4.18. The molecule has 1 aromatic rings. The molecule has 1 heterocycles. The Morgan fingerprint density at radius 3 is 2.65 bits per heavy atom. The molecule has 4 heteroatoms. The van der Waals surface area contributed by atoms with Gasteiger partial charge < -0.3 is 4.74 Å². The van der Waals surface area contributed by atoms with Crippen molar-refractivity contribution in [3.63, 3.8) is 0 Å². The molecule has 1 fully saturated rings. The smallest absolute Gasteiger partial charge is 0.263 e. The Bertz CT molecular complexity index is 398. The number of hydrogen-bond acceptors (Lipinski definition) is 2. The number of halogens is 2. The molecule has 0 aromatic heterocycles. The summed E-state index contributed by atoms with van der Waals surface area (Å²) in [5.74, 6) is -0.132. The van der Waals surface area contributed by atoms with Crippen molar-refractivity contribution in [2.24, 2.45) is 5.92 Å². The quantitative estimate of drug-likeness (QED) is 0.758. The van der Waals surface area contributed by atoms with Gasteiger partial charge in [-0.1, -0.05) is 18.2 Å². The molecule has 0 N–H and O–H groups in total. The number of carbonyl (C=O) groups excluding carboxylic acids is 1. The molecule has 0 unspecified atom stereocenters. The minimum Gasteiger partial charge on any atom is -0.381 e. The van der Waals surface area contributed by atoms with Crippen LogP contribution in [0.1, 0.15) is 35.2 Å². The highest BCUT2D eigenvalue weighted by Crippen LogP contribution is 2.24. The van der Waals surface area contributed by atoms with Crippen molar-refractivity contribution < 1.29 is 18.3 Å². The minimum absolute atomic E-state index is 0.0456. The van der Waals surface area contributed by atoms with Gasteiger partial charge in [-0.25, -0.2) is 8.78 Å². The van der Waals surface area contributed by atoms with E-state index in [4.69, 9.17) is 4.74 Å². The number of Topliss-reactive ketones (excluding diaryl/α,β-unsaturated/α-hetero) is 1. The lowest BCUT2D eigenvalue weighted by Gasteiger charge is -2.20. The molecular formula is C13H14F2O2. The number of alkyl halides is 2. The second kappa shape index (κ2) is 5.36. The summed E-state index contributed by atoms with van der Waals surface area (Å²) in [6.07, 6.45) is -1.17. The molecule has 0 atom stereocenters. The molecule has 0 amide bonds. The normalized spacial score (nSPS) is 17.4. The molecule has 0 aliphatic carbocycles. The summed E-state index contributed by atoms with van der Waals surface area (Å²) >= 11 is 0. The molecule has 1 aliphatic heterocycles. The van der Waals surface area contributed by atoms with Gasteiger partial charge in [-0.05, 0) is 18.9 Å². The molecule has 0 bridgehead atoms. The third kappa shape index (κ3) is 2.88. The van der Waals surface area contributed by atoms with Gasteiger partial charge in [-0.3, -0.25) is 4.79 Å². The number of carbonyl (C=O) groups is 1. The van der Waals surface area contributed by atoms with Gasteiger partial charge in [-0.2, -0.15) is 0 Å². The van der Waals surface area contributed by atoms with Crippen molar-refractivity contribution in [3.05, 3.63) is 35.4 Å². The Kier molecular flexibility index (Phi) is 3.84. The number of rotatable bonds is 3. The van der Waals surface area contributed by atoms with Crippen molar-refractivity contribution in [1.29, 1.82) is 0 Å². The molecule has 1 aromatic carbocycles. The van der Waals surface area contributed by atoms with Crippen molar-refractivity contribution in [2.75, 3.05) is 13.2 Å². The first-order valence-electron chi connectivity index (χ1n) is 5.68. The van der Waals surface area contributed by atoms with E-state index in [1.807, 2.05) is 0 Å². The zero-order chi connectivity index (χ0) is 12.3. The van der Waals surface area contributed by atoms with E-state index in [0.29, 0.717) is 31.6 Å². The molecule has 2 rings (SSSR count). The third-order valence-electron chi connectivity index (χ3n) is 3.02. The monoisotopic (exact) mass is 240 g/mol. The van der Waals surface area contributed by atoms with Crippen LogP contribution in [0.25, 0.3) is 0 Å². The van der Waals surface area contributed by atoms with Crippen LogP contribution < -0.4 is 0 Å². The number of benzene rings is 1. The Morgan fingerprint density at radius 2 is 2.00 bits per heavy atom. The van der Waals surface area contributed by atoms with Gasteiger partial charge in [0, 0.05) is 30.3 Å². The van der Waals surface area contributed by atoms with Crippen molar-refractivity contribution in [2.45, 2.75) is 19.3 Å². The van der Waals surface area contributed by atoms with Gasteiger partial charge in [0.15, 0.2) is 5.78 Å². The lowest BCUT2D eigenvalue weighted by molar-refractivity contribution is 0.0544. The maximum Gasteiger partial charge on any atom is 0.263 e. The lowest BCUT2D eigenvalue weighted by atomic mass is 9.90. The van der Waals surface area contributed by atoms with Crippen LogP contribution in [0.2, 0.25) is 0 Å². The van der Waals surface area contributed by atoms with Crippen LogP contribution in [-0.4, -0.2) is 19.0 Å². The van der Waals surface area contributed by atoms with Crippen LogP contribution in [0, 0.1) is 5.92 Å². The molecule has 0 radical (unpaired) electrons. The largest absolute Gasteiger partial charge is 0.381 e. The number of hydrogen-bond donors (Lipinski definition) is 0. The maximum absolute atomic E-state index is 12.5. The minimum atomic E-state index is -2.53. The van der Waals surface area contributed by atoms with E-state index < -0.39 is 6.43 Å². The molecule has 17 heavy (non-hydrogen) atoms. The van der Waals surface area contributed by atoms with E-state index in [9.17, 15) is 13.6 Å². The van der Waals surface area contributed by atoms with Crippen molar-refractivity contribution in [1.82, 2.24) is 0 Å². The first kappa shape index (κ1) is 12.2. The Morgan fingerprint density at radius 1 is 1.29 bits per heavy atom. The zero-order valence-corrected chi connectivity index (χ0v) is 9.36. The highest BCUT2D eigenvalue weighted by Gasteiger charge is 2.23. The first-order chi connectivity index (χ1) is 8.18. The topological polar surface area (TPSA) is 26.3 Å². The summed E-state index contributed by atoms with van der Waals surface area (Å²) in [5, 5.41) is 0. The summed E-state index contributed by atoms with van der Waals surface area (Å²) in [7, 11) is 0. The molecule has 1 aliphatic rings. The van der Waals surface area contributed by atoms with Crippen LogP contribution in [-0.2, 0) is 4.74 Å². The van der Waals surface area contributed by atoms with Gasteiger partial charge >= 0.3 is 0 Å². The van der Waals surface area contributed by atoms with E-state index in [1.165, 1.54) is 18.2 Å².